The molecule has 0 bridgehead atoms. The summed E-state index contributed by atoms with van der Waals surface area (Å²) >= 11 is 0. The van der Waals surface area contributed by atoms with Gasteiger partial charge in [0.15, 0.2) is 0 Å². The molecule has 0 radical (unpaired) electrons. The molecule has 0 saturated carbocycles. The van der Waals surface area contributed by atoms with Crippen LogP contribution in [0.15, 0.2) is 12.7 Å². The Hall–Kier alpha value is -0.830. The zero-order valence-corrected chi connectivity index (χ0v) is 7.49. The second-order valence-electron chi connectivity index (χ2n) is 3.15. The van der Waals surface area contributed by atoms with E-state index in [4.69, 9.17) is 10.8 Å². The van der Waals surface area contributed by atoms with E-state index in [0.29, 0.717) is 12.5 Å². The van der Waals surface area contributed by atoms with Gasteiger partial charge in [-0.1, -0.05) is 13.0 Å². The van der Waals surface area contributed by atoms with Gasteiger partial charge in [-0.05, 0) is 24.8 Å². The first kappa shape index (κ1) is 11.2. The Bertz CT molecular complexity index is 157. The molecule has 0 aromatic heterocycles. The normalized spacial score (nSPS) is 15.2. The van der Waals surface area contributed by atoms with Gasteiger partial charge >= 0.3 is 5.97 Å². The van der Waals surface area contributed by atoms with Crippen LogP contribution in [0.1, 0.15) is 19.8 Å². The SMILES string of the molecule is C=C[C@@H](C)C[C@H](CN)CC(=O)O. The van der Waals surface area contributed by atoms with E-state index in [1.807, 2.05) is 13.0 Å². The van der Waals surface area contributed by atoms with Crippen molar-refractivity contribution in [2.24, 2.45) is 17.6 Å². The quantitative estimate of drug-likeness (QED) is 0.591. The highest BCUT2D eigenvalue weighted by Crippen LogP contribution is 2.15. The van der Waals surface area contributed by atoms with Crippen LogP contribution in [0.5, 0.6) is 0 Å². The monoisotopic (exact) mass is 171 g/mol. The first-order valence-corrected chi connectivity index (χ1v) is 4.14. The summed E-state index contributed by atoms with van der Waals surface area (Å²) in [6, 6.07) is 0. The molecule has 0 aliphatic rings. The molecule has 0 aromatic carbocycles. The molecule has 0 unspecified atom stereocenters. The van der Waals surface area contributed by atoms with Crippen LogP contribution in [0.25, 0.3) is 0 Å². The number of aliphatic carboxylic acids is 1. The lowest BCUT2D eigenvalue weighted by Gasteiger charge is -2.14. The molecule has 0 amide bonds. The lowest BCUT2D eigenvalue weighted by atomic mass is 9.93. The average Bonchev–Trinajstić information content (AvgIpc) is 2.02. The lowest BCUT2D eigenvalue weighted by Crippen LogP contribution is -2.19. The van der Waals surface area contributed by atoms with Crippen LogP contribution in [0.4, 0.5) is 0 Å². The van der Waals surface area contributed by atoms with E-state index in [2.05, 4.69) is 6.58 Å². The van der Waals surface area contributed by atoms with E-state index in [0.717, 1.165) is 6.42 Å². The molecule has 0 saturated heterocycles. The Morgan fingerprint density at radius 1 is 1.75 bits per heavy atom. The van der Waals surface area contributed by atoms with Crippen molar-refractivity contribution in [3.63, 3.8) is 0 Å². The molecule has 0 aromatic rings. The van der Waals surface area contributed by atoms with Gasteiger partial charge < -0.3 is 10.8 Å². The smallest absolute Gasteiger partial charge is 0.303 e. The van der Waals surface area contributed by atoms with E-state index in [1.54, 1.807) is 0 Å². The summed E-state index contributed by atoms with van der Waals surface area (Å²) in [5, 5.41) is 8.52. The van der Waals surface area contributed by atoms with E-state index < -0.39 is 5.97 Å². The van der Waals surface area contributed by atoms with E-state index >= 15 is 0 Å². The standard InChI is InChI=1S/C9H17NO2/c1-3-7(2)4-8(6-10)5-9(11)12/h3,7-8H,1,4-6,10H2,2H3,(H,11,12)/t7-,8+/m1/s1. The highest BCUT2D eigenvalue weighted by atomic mass is 16.4. The van der Waals surface area contributed by atoms with E-state index in [-0.39, 0.29) is 12.3 Å². The number of carbonyl (C=O) groups is 1. The van der Waals surface area contributed by atoms with Gasteiger partial charge in [-0.25, -0.2) is 0 Å². The molecule has 0 fully saturated rings. The summed E-state index contributed by atoms with van der Waals surface area (Å²) in [5.74, 6) is -0.352. The van der Waals surface area contributed by atoms with Gasteiger partial charge in [0.25, 0.3) is 0 Å². The minimum atomic E-state index is -0.776. The van der Waals surface area contributed by atoms with Crippen LogP contribution in [0.2, 0.25) is 0 Å². The average molecular weight is 171 g/mol. The number of rotatable bonds is 6. The second-order valence-corrected chi connectivity index (χ2v) is 3.15. The summed E-state index contributed by atoms with van der Waals surface area (Å²) in [4.78, 5) is 10.4. The number of carboxylic acid groups (broad SMARTS) is 1. The Labute approximate surface area is 73.3 Å². The maximum atomic E-state index is 10.4. The molecule has 2 atom stereocenters. The molecule has 0 aliphatic carbocycles. The van der Waals surface area contributed by atoms with E-state index in [9.17, 15) is 4.79 Å². The number of carboxylic acids is 1. The molecule has 0 heterocycles. The second kappa shape index (κ2) is 5.77. The minimum absolute atomic E-state index is 0.0792. The Kier molecular flexibility index (Phi) is 5.37. The van der Waals surface area contributed by atoms with Gasteiger partial charge in [0.2, 0.25) is 0 Å². The van der Waals surface area contributed by atoms with Crippen molar-refractivity contribution in [3.05, 3.63) is 12.7 Å². The predicted octanol–water partition coefficient (Wildman–Crippen LogP) is 1.25. The minimum Gasteiger partial charge on any atom is -0.481 e. The maximum Gasteiger partial charge on any atom is 0.303 e. The third kappa shape index (κ3) is 4.91. The number of allylic oxidation sites excluding steroid dienone is 1. The van der Waals surface area contributed by atoms with E-state index in [1.165, 1.54) is 0 Å². The summed E-state index contributed by atoms with van der Waals surface area (Å²) in [7, 11) is 0. The maximum absolute atomic E-state index is 10.4. The number of nitrogens with two attached hydrogens (primary N) is 1. The van der Waals surface area contributed by atoms with Crippen molar-refractivity contribution in [1.82, 2.24) is 0 Å². The predicted molar refractivity (Wildman–Crippen MR) is 48.8 cm³/mol. The van der Waals surface area contributed by atoms with Gasteiger partial charge in [0, 0.05) is 6.42 Å². The van der Waals surface area contributed by atoms with Crippen LogP contribution in [0, 0.1) is 11.8 Å². The summed E-state index contributed by atoms with van der Waals surface area (Å²) in [6.07, 6.45) is 2.80. The van der Waals surface area contributed by atoms with Gasteiger partial charge in [-0.2, -0.15) is 0 Å². The summed E-state index contributed by atoms with van der Waals surface area (Å²) in [6.45, 7) is 6.09. The van der Waals surface area contributed by atoms with Gasteiger partial charge in [-0.15, -0.1) is 6.58 Å². The zero-order chi connectivity index (χ0) is 9.56. The molecule has 0 rings (SSSR count). The highest BCUT2D eigenvalue weighted by molar-refractivity contribution is 5.67. The molecule has 3 N–H and O–H groups in total. The van der Waals surface area contributed by atoms with Crippen molar-refractivity contribution in [3.8, 4) is 0 Å². The first-order chi connectivity index (χ1) is 5.60. The molecule has 3 nitrogen and oxygen atoms in total. The van der Waals surface area contributed by atoms with Crippen LogP contribution in [-0.4, -0.2) is 17.6 Å². The lowest BCUT2D eigenvalue weighted by molar-refractivity contribution is -0.138. The zero-order valence-electron chi connectivity index (χ0n) is 7.49. The number of hydrogen-bond donors (Lipinski definition) is 2. The Morgan fingerprint density at radius 2 is 2.33 bits per heavy atom. The molecule has 3 heteroatoms. The highest BCUT2D eigenvalue weighted by Gasteiger charge is 2.13. The topological polar surface area (TPSA) is 63.3 Å². The summed E-state index contributed by atoms with van der Waals surface area (Å²) in [5.41, 5.74) is 5.43. The molecular formula is C9H17NO2. The van der Waals surface area contributed by atoms with Crippen molar-refractivity contribution in [2.75, 3.05) is 6.54 Å². The van der Waals surface area contributed by atoms with Crippen molar-refractivity contribution >= 4 is 5.97 Å². The third-order valence-electron chi connectivity index (χ3n) is 1.90. The molecule has 0 aliphatic heterocycles. The fourth-order valence-electron chi connectivity index (χ4n) is 1.13. The Balaban J connectivity index is 3.81. The molecule has 0 spiro atoms. The van der Waals surface area contributed by atoms with Crippen LogP contribution >= 0.6 is 0 Å². The molecule has 70 valence electrons. The fraction of sp³-hybridized carbons (Fsp3) is 0.667. The van der Waals surface area contributed by atoms with Crippen molar-refractivity contribution in [2.45, 2.75) is 19.8 Å². The van der Waals surface area contributed by atoms with Crippen LogP contribution < -0.4 is 5.73 Å². The third-order valence-corrected chi connectivity index (χ3v) is 1.90. The van der Waals surface area contributed by atoms with Gasteiger partial charge in [-0.3, -0.25) is 4.79 Å². The van der Waals surface area contributed by atoms with Crippen molar-refractivity contribution < 1.29 is 9.90 Å². The number of hydrogen-bond acceptors (Lipinski definition) is 2. The van der Waals surface area contributed by atoms with Crippen LogP contribution in [0.3, 0.4) is 0 Å². The fourth-order valence-corrected chi connectivity index (χ4v) is 1.13. The van der Waals surface area contributed by atoms with Gasteiger partial charge in [0.1, 0.15) is 0 Å². The molecular weight excluding hydrogens is 154 g/mol. The van der Waals surface area contributed by atoms with Gasteiger partial charge in [0.05, 0.1) is 0 Å². The van der Waals surface area contributed by atoms with Crippen molar-refractivity contribution in [1.29, 1.82) is 0 Å². The largest absolute Gasteiger partial charge is 0.481 e. The Morgan fingerprint density at radius 3 is 2.67 bits per heavy atom. The first-order valence-electron chi connectivity index (χ1n) is 4.14. The van der Waals surface area contributed by atoms with Crippen LogP contribution in [-0.2, 0) is 4.79 Å². The summed E-state index contributed by atoms with van der Waals surface area (Å²) < 4.78 is 0. The molecule has 12 heavy (non-hydrogen) atoms.